The van der Waals surface area contributed by atoms with Crippen LogP contribution in [-0.2, 0) is 16.1 Å². The van der Waals surface area contributed by atoms with E-state index in [0.29, 0.717) is 18.0 Å². The fourth-order valence-electron chi connectivity index (χ4n) is 3.04. The van der Waals surface area contributed by atoms with Crippen molar-refractivity contribution < 1.29 is 19.1 Å². The van der Waals surface area contributed by atoms with E-state index in [0.717, 1.165) is 24.1 Å². The normalized spacial score (nSPS) is 20.6. The Bertz CT molecular complexity index is 863. The molecule has 4 rings (SSSR count). The molecule has 140 valence electrons. The van der Waals surface area contributed by atoms with Gasteiger partial charge in [-0.3, -0.25) is 9.59 Å². The summed E-state index contributed by atoms with van der Waals surface area (Å²) in [7, 11) is 0. The Hall–Kier alpha value is -3.02. The number of benzene rings is 2. The highest BCUT2D eigenvalue weighted by atomic mass is 16.6. The van der Waals surface area contributed by atoms with E-state index >= 15 is 0 Å². The largest absolute Gasteiger partial charge is 0.482 e. The van der Waals surface area contributed by atoms with Gasteiger partial charge in [0, 0.05) is 18.2 Å². The number of ether oxygens (including phenoxy) is 2. The molecule has 2 aliphatic rings. The Morgan fingerprint density at radius 1 is 1.00 bits per heavy atom. The summed E-state index contributed by atoms with van der Waals surface area (Å²) in [5.41, 5.74) is 1.65. The van der Waals surface area contributed by atoms with Crippen molar-refractivity contribution in [2.45, 2.75) is 38.5 Å². The van der Waals surface area contributed by atoms with Gasteiger partial charge in [-0.25, -0.2) is 0 Å². The molecule has 0 saturated heterocycles. The van der Waals surface area contributed by atoms with Crippen molar-refractivity contribution in [1.29, 1.82) is 0 Å². The van der Waals surface area contributed by atoms with Crippen LogP contribution < -0.4 is 20.1 Å². The molecule has 27 heavy (non-hydrogen) atoms. The summed E-state index contributed by atoms with van der Waals surface area (Å²) < 4.78 is 11.6. The molecule has 1 heterocycles. The highest BCUT2D eigenvalue weighted by Crippen LogP contribution is 2.33. The van der Waals surface area contributed by atoms with Gasteiger partial charge >= 0.3 is 0 Å². The highest BCUT2D eigenvalue weighted by molar-refractivity contribution is 5.94. The van der Waals surface area contributed by atoms with Gasteiger partial charge < -0.3 is 20.1 Å². The third-order valence-corrected chi connectivity index (χ3v) is 4.71. The molecular formula is C21H22N2O4. The minimum atomic E-state index is -0.711. The van der Waals surface area contributed by atoms with Gasteiger partial charge in [0.1, 0.15) is 6.10 Å². The molecule has 2 N–H and O–H groups in total. The van der Waals surface area contributed by atoms with Crippen molar-refractivity contribution in [2.75, 3.05) is 5.32 Å². The standard InChI is InChI=1S/C21H22N2O4/c1-13-19(27-18-8-3-2-7-17(18)26-13)21(25)22-12-14-5-4-6-16(11-14)23-20(24)15-9-10-15/h2-8,11,13,15,19H,9-10,12H2,1H3,(H,22,25)(H,23,24)/t13-,19-/m0/s1. The van der Waals surface area contributed by atoms with Crippen LogP contribution in [0.2, 0.25) is 0 Å². The second kappa shape index (κ2) is 7.31. The van der Waals surface area contributed by atoms with Crippen LogP contribution >= 0.6 is 0 Å². The van der Waals surface area contributed by atoms with E-state index < -0.39 is 6.10 Å². The predicted molar refractivity (Wildman–Crippen MR) is 101 cm³/mol. The lowest BCUT2D eigenvalue weighted by Gasteiger charge is -2.31. The van der Waals surface area contributed by atoms with Crippen molar-refractivity contribution in [3.63, 3.8) is 0 Å². The first-order valence-corrected chi connectivity index (χ1v) is 9.20. The van der Waals surface area contributed by atoms with E-state index in [9.17, 15) is 9.59 Å². The number of fused-ring (bicyclic) bond motifs is 1. The minimum Gasteiger partial charge on any atom is -0.482 e. The van der Waals surface area contributed by atoms with E-state index in [1.165, 1.54) is 0 Å². The average Bonchev–Trinajstić information content (AvgIpc) is 3.51. The molecule has 2 atom stereocenters. The van der Waals surface area contributed by atoms with Gasteiger partial charge in [0.05, 0.1) is 0 Å². The molecule has 0 aromatic heterocycles. The molecule has 6 heteroatoms. The first-order chi connectivity index (χ1) is 13.1. The Balaban J connectivity index is 1.36. The molecule has 1 aliphatic heterocycles. The molecule has 2 aromatic rings. The van der Waals surface area contributed by atoms with E-state index in [4.69, 9.17) is 9.47 Å². The second-order valence-corrected chi connectivity index (χ2v) is 6.99. The van der Waals surface area contributed by atoms with Crippen LogP contribution in [0.15, 0.2) is 48.5 Å². The number of nitrogens with one attached hydrogen (secondary N) is 2. The first-order valence-electron chi connectivity index (χ1n) is 9.20. The maximum Gasteiger partial charge on any atom is 0.265 e. The van der Waals surface area contributed by atoms with E-state index in [-0.39, 0.29) is 23.8 Å². The Morgan fingerprint density at radius 3 is 2.48 bits per heavy atom. The third-order valence-electron chi connectivity index (χ3n) is 4.71. The number of para-hydroxylation sites is 2. The maximum absolute atomic E-state index is 12.6. The highest BCUT2D eigenvalue weighted by Gasteiger charge is 2.34. The van der Waals surface area contributed by atoms with Crippen LogP contribution in [0.1, 0.15) is 25.3 Å². The summed E-state index contributed by atoms with van der Waals surface area (Å²) in [6, 6.07) is 14.8. The smallest absolute Gasteiger partial charge is 0.265 e. The summed E-state index contributed by atoms with van der Waals surface area (Å²) in [5, 5.41) is 5.81. The van der Waals surface area contributed by atoms with Gasteiger partial charge in [-0.1, -0.05) is 24.3 Å². The van der Waals surface area contributed by atoms with Crippen LogP contribution in [0.3, 0.4) is 0 Å². The zero-order valence-electron chi connectivity index (χ0n) is 15.1. The average molecular weight is 366 g/mol. The van der Waals surface area contributed by atoms with Gasteiger partial charge in [0.2, 0.25) is 12.0 Å². The minimum absolute atomic E-state index is 0.0661. The number of carbonyl (C=O) groups excluding carboxylic acids is 2. The number of hydrogen-bond acceptors (Lipinski definition) is 4. The Labute approximate surface area is 157 Å². The molecule has 1 aliphatic carbocycles. The van der Waals surface area contributed by atoms with Crippen LogP contribution in [0.4, 0.5) is 5.69 Å². The van der Waals surface area contributed by atoms with Gasteiger partial charge in [0.25, 0.3) is 5.91 Å². The van der Waals surface area contributed by atoms with Crippen molar-refractivity contribution >= 4 is 17.5 Å². The van der Waals surface area contributed by atoms with Crippen molar-refractivity contribution in [3.05, 3.63) is 54.1 Å². The van der Waals surface area contributed by atoms with Crippen LogP contribution in [0, 0.1) is 5.92 Å². The molecule has 2 amide bonds. The lowest BCUT2D eigenvalue weighted by molar-refractivity contribution is -0.133. The first kappa shape index (κ1) is 17.4. The van der Waals surface area contributed by atoms with Crippen LogP contribution in [-0.4, -0.2) is 24.0 Å². The molecule has 1 saturated carbocycles. The Kier molecular flexibility index (Phi) is 4.71. The number of hydrogen-bond donors (Lipinski definition) is 2. The SMILES string of the molecule is C[C@@H]1Oc2ccccc2O[C@@H]1C(=O)NCc1cccc(NC(=O)C2CC2)c1. The second-order valence-electron chi connectivity index (χ2n) is 6.99. The van der Waals surface area contributed by atoms with Gasteiger partial charge in [-0.2, -0.15) is 0 Å². The lowest BCUT2D eigenvalue weighted by atomic mass is 10.1. The topological polar surface area (TPSA) is 76.7 Å². The van der Waals surface area contributed by atoms with E-state index in [2.05, 4.69) is 10.6 Å². The van der Waals surface area contributed by atoms with E-state index in [1.807, 2.05) is 49.4 Å². The summed E-state index contributed by atoms with van der Waals surface area (Å²) in [6.07, 6.45) is 0.834. The van der Waals surface area contributed by atoms with E-state index in [1.54, 1.807) is 6.07 Å². The zero-order valence-corrected chi connectivity index (χ0v) is 15.1. The van der Waals surface area contributed by atoms with Crippen LogP contribution in [0.25, 0.3) is 0 Å². The van der Waals surface area contributed by atoms with Crippen molar-refractivity contribution in [1.82, 2.24) is 5.32 Å². The summed E-state index contributed by atoms with van der Waals surface area (Å²) in [5.74, 6) is 1.20. The molecule has 0 bridgehead atoms. The number of carbonyl (C=O) groups is 2. The fraction of sp³-hybridized carbons (Fsp3) is 0.333. The lowest BCUT2D eigenvalue weighted by Crippen LogP contribution is -2.48. The molecule has 0 radical (unpaired) electrons. The van der Waals surface area contributed by atoms with Gasteiger partial charge in [0.15, 0.2) is 11.5 Å². The van der Waals surface area contributed by atoms with Crippen molar-refractivity contribution in [3.8, 4) is 11.5 Å². The maximum atomic E-state index is 12.6. The summed E-state index contributed by atoms with van der Waals surface area (Å²) in [4.78, 5) is 24.5. The third kappa shape index (κ3) is 4.05. The molecule has 1 fully saturated rings. The van der Waals surface area contributed by atoms with Gasteiger partial charge in [-0.05, 0) is 49.6 Å². The molecule has 0 unspecified atom stereocenters. The zero-order chi connectivity index (χ0) is 18.8. The summed E-state index contributed by atoms with van der Waals surface area (Å²) >= 11 is 0. The summed E-state index contributed by atoms with van der Waals surface area (Å²) in [6.45, 7) is 2.16. The number of anilines is 1. The molecule has 0 spiro atoms. The monoisotopic (exact) mass is 366 g/mol. The predicted octanol–water partition coefficient (Wildman–Crippen LogP) is 2.88. The molecular weight excluding hydrogens is 344 g/mol. The Morgan fingerprint density at radius 2 is 1.74 bits per heavy atom. The number of rotatable bonds is 5. The molecule has 2 aromatic carbocycles. The molecule has 6 nitrogen and oxygen atoms in total. The van der Waals surface area contributed by atoms with Crippen LogP contribution in [0.5, 0.6) is 11.5 Å². The quantitative estimate of drug-likeness (QED) is 0.853. The van der Waals surface area contributed by atoms with Gasteiger partial charge in [-0.15, -0.1) is 0 Å². The van der Waals surface area contributed by atoms with Crippen molar-refractivity contribution in [2.24, 2.45) is 5.92 Å². The fourth-order valence-corrected chi connectivity index (χ4v) is 3.04. The number of amides is 2.